The van der Waals surface area contributed by atoms with Gasteiger partial charge >= 0.3 is 0 Å². The Hall–Kier alpha value is -3.02. The first-order chi connectivity index (χ1) is 16.5. The van der Waals surface area contributed by atoms with Gasteiger partial charge in [-0.25, -0.2) is 4.99 Å². The number of aliphatic hydroxyl groups is 6. The topological polar surface area (TPSA) is 251 Å². The summed E-state index contributed by atoms with van der Waals surface area (Å²) in [6.45, 7) is -1.03. The van der Waals surface area contributed by atoms with Gasteiger partial charge in [0.25, 0.3) is 17.4 Å². The Balaban J connectivity index is 1.71. The van der Waals surface area contributed by atoms with Crippen molar-refractivity contribution in [3.05, 3.63) is 33.6 Å². The molecule has 190 valence electrons. The average Bonchev–Trinajstić information content (AvgIpc) is 3.09. The van der Waals surface area contributed by atoms with Crippen LogP contribution in [0.3, 0.4) is 0 Å². The predicted octanol–water partition coefficient (Wildman–Crippen LogP) is -4.63. The summed E-state index contributed by atoms with van der Waals surface area (Å²) in [5.74, 6) is -2.67. The van der Waals surface area contributed by atoms with E-state index in [1.807, 2.05) is 5.32 Å². The Morgan fingerprint density at radius 1 is 0.971 bits per heavy atom. The molecule has 0 unspecified atom stereocenters. The van der Waals surface area contributed by atoms with Crippen LogP contribution in [0, 0.1) is 0 Å². The van der Waals surface area contributed by atoms with Crippen LogP contribution < -0.4 is 10.9 Å². The van der Waals surface area contributed by atoms with Gasteiger partial charge in [-0.05, 0) is 12.1 Å². The second-order valence-electron chi connectivity index (χ2n) is 8.23. The van der Waals surface area contributed by atoms with E-state index in [1.165, 1.54) is 0 Å². The fraction of sp³-hybridized carbons (Fsp3) is 0.500. The van der Waals surface area contributed by atoms with Crippen molar-refractivity contribution in [3.8, 4) is 5.88 Å². The maximum absolute atomic E-state index is 12.4. The van der Waals surface area contributed by atoms with Crippen LogP contribution in [0.5, 0.6) is 5.88 Å². The zero-order valence-corrected chi connectivity index (χ0v) is 17.8. The van der Waals surface area contributed by atoms with Gasteiger partial charge in [0.05, 0.1) is 18.8 Å². The number of hydrogen-bond donors (Lipinski definition) is 9. The maximum atomic E-state index is 12.4. The molecule has 4 rings (SSSR count). The summed E-state index contributed by atoms with van der Waals surface area (Å²) in [6.07, 6.45) is -10.8. The highest BCUT2D eigenvalue weighted by atomic mass is 16.6. The number of pyridine rings is 1. The number of rotatable bonds is 4. The number of nitrogens with one attached hydrogen (secondary N) is 2. The van der Waals surface area contributed by atoms with Crippen LogP contribution in [0.4, 0.5) is 5.69 Å². The van der Waals surface area contributed by atoms with Gasteiger partial charge in [-0.2, -0.15) is 0 Å². The van der Waals surface area contributed by atoms with Gasteiger partial charge < -0.3 is 45.2 Å². The summed E-state index contributed by atoms with van der Waals surface area (Å²) < 4.78 is 10.6. The Kier molecular flexibility index (Phi) is 6.85. The Morgan fingerprint density at radius 2 is 1.66 bits per heavy atom. The number of aliphatic imine (C=N–C) groups is 1. The number of ether oxygens (including phenoxy) is 2. The molecule has 15 heteroatoms. The fourth-order valence-corrected chi connectivity index (χ4v) is 4.00. The molecule has 2 amide bonds. The number of nitrogens with zero attached hydrogens (tertiary/aromatic N) is 1. The molecule has 35 heavy (non-hydrogen) atoms. The third kappa shape index (κ3) is 4.51. The monoisotopic (exact) mass is 497 g/mol. The minimum Gasteiger partial charge on any atom is -0.494 e. The highest BCUT2D eigenvalue weighted by Gasteiger charge is 2.47. The van der Waals surface area contributed by atoms with Crippen molar-refractivity contribution in [2.45, 2.75) is 48.8 Å². The normalized spacial score (nSPS) is 36.9. The molecule has 0 aliphatic carbocycles. The molecular weight excluding hydrogens is 474 g/mol. The van der Waals surface area contributed by atoms with Crippen molar-refractivity contribution in [2.24, 2.45) is 4.99 Å². The largest absolute Gasteiger partial charge is 0.494 e. The lowest BCUT2D eigenvalue weighted by atomic mass is 9.95. The van der Waals surface area contributed by atoms with Crippen molar-refractivity contribution >= 4 is 23.2 Å². The molecule has 0 radical (unpaired) electrons. The van der Waals surface area contributed by atoms with Gasteiger partial charge in [0, 0.05) is 5.56 Å². The minimum absolute atomic E-state index is 0.206. The smallest absolute Gasteiger partial charge is 0.276 e. The first kappa shape index (κ1) is 25.1. The minimum atomic E-state index is -1.68. The maximum Gasteiger partial charge on any atom is 0.276 e. The molecule has 0 spiro atoms. The standard InChI is InChI=1S/C20H23N3O12/c24-3-10-12(27)14(29)16(35-10)6-2-8(20(33)23-18(6)31)21-7-1-5(17(30)22-19(7)32)15-13(28)11(26)9(25)4-34-15/h1-2,9-16,24-29H,3-4H2,(H2,22,30,32)(H,23,31,33)/t9-,10-,11-,12-,13+,14-,15+,16-/m1/s1. The molecule has 3 aliphatic rings. The van der Waals surface area contributed by atoms with Gasteiger partial charge in [-0.1, -0.05) is 0 Å². The predicted molar refractivity (Wildman–Crippen MR) is 112 cm³/mol. The van der Waals surface area contributed by atoms with Crippen molar-refractivity contribution in [1.29, 1.82) is 0 Å². The summed E-state index contributed by atoms with van der Waals surface area (Å²) in [5, 5.41) is 71.3. The van der Waals surface area contributed by atoms with Crippen molar-refractivity contribution < 1.29 is 54.8 Å². The van der Waals surface area contributed by atoms with Gasteiger partial charge in [0.15, 0.2) is 5.88 Å². The van der Waals surface area contributed by atoms with E-state index in [2.05, 4.69) is 9.98 Å². The van der Waals surface area contributed by atoms with Crippen LogP contribution in [0.25, 0.3) is 0 Å². The summed E-state index contributed by atoms with van der Waals surface area (Å²) in [4.78, 5) is 43.0. The number of aromatic amines is 1. The number of aliphatic hydroxyl groups excluding tert-OH is 6. The van der Waals surface area contributed by atoms with E-state index in [-0.39, 0.29) is 17.7 Å². The highest BCUT2D eigenvalue weighted by molar-refractivity contribution is 6.49. The Labute approximate surface area is 195 Å². The molecule has 0 saturated carbocycles. The van der Waals surface area contributed by atoms with E-state index in [4.69, 9.17) is 9.47 Å². The van der Waals surface area contributed by atoms with E-state index in [0.29, 0.717) is 0 Å². The number of carbonyl (C=O) groups is 2. The van der Waals surface area contributed by atoms with Crippen molar-refractivity contribution in [1.82, 2.24) is 10.3 Å². The van der Waals surface area contributed by atoms with E-state index >= 15 is 0 Å². The van der Waals surface area contributed by atoms with Gasteiger partial charge in [0.1, 0.15) is 60.2 Å². The first-order valence-electron chi connectivity index (χ1n) is 10.4. The summed E-state index contributed by atoms with van der Waals surface area (Å²) in [5.41, 5.74) is -2.39. The molecule has 3 aliphatic heterocycles. The van der Waals surface area contributed by atoms with Crippen molar-refractivity contribution in [3.63, 3.8) is 0 Å². The third-order valence-corrected chi connectivity index (χ3v) is 5.94. The van der Waals surface area contributed by atoms with Gasteiger partial charge in [-0.15, -0.1) is 0 Å². The average molecular weight is 497 g/mol. The van der Waals surface area contributed by atoms with Crippen LogP contribution in [0.2, 0.25) is 0 Å². The second kappa shape index (κ2) is 9.56. The number of carbonyl (C=O) groups excluding carboxylic acids is 2. The molecule has 0 aromatic carbocycles. The van der Waals surface area contributed by atoms with E-state index in [9.17, 15) is 50.1 Å². The summed E-state index contributed by atoms with van der Waals surface area (Å²) in [7, 11) is 0. The quantitative estimate of drug-likeness (QED) is 0.178. The van der Waals surface area contributed by atoms with Gasteiger partial charge in [0.2, 0.25) is 0 Å². The van der Waals surface area contributed by atoms with Crippen molar-refractivity contribution in [2.75, 3.05) is 13.2 Å². The number of hydrogen-bond acceptors (Lipinski definition) is 13. The highest BCUT2D eigenvalue weighted by Crippen LogP contribution is 2.34. The van der Waals surface area contributed by atoms with Crippen LogP contribution in [0.1, 0.15) is 11.7 Å². The molecule has 0 bridgehead atoms. The molecule has 2 fully saturated rings. The Morgan fingerprint density at radius 3 is 2.31 bits per heavy atom. The van der Waals surface area contributed by atoms with Crippen LogP contribution in [-0.2, 0) is 19.1 Å². The zero-order valence-electron chi connectivity index (χ0n) is 17.8. The second-order valence-corrected chi connectivity index (χ2v) is 8.23. The number of amides is 2. The molecule has 8 atom stereocenters. The molecule has 15 nitrogen and oxygen atoms in total. The Bertz CT molecular complexity index is 1150. The summed E-state index contributed by atoms with van der Waals surface area (Å²) >= 11 is 0. The number of aromatic hydroxyl groups is 1. The summed E-state index contributed by atoms with van der Waals surface area (Å²) in [6, 6.07) is 0.989. The number of imide groups is 1. The lowest BCUT2D eigenvalue weighted by Crippen LogP contribution is -2.49. The lowest BCUT2D eigenvalue weighted by molar-refractivity contribution is -0.189. The van der Waals surface area contributed by atoms with Crippen LogP contribution in [0.15, 0.2) is 27.5 Å². The van der Waals surface area contributed by atoms with Crippen LogP contribution in [-0.4, -0.2) is 114 Å². The first-order valence-corrected chi connectivity index (χ1v) is 10.4. The molecule has 1 aromatic rings. The lowest BCUT2D eigenvalue weighted by Gasteiger charge is -2.35. The van der Waals surface area contributed by atoms with E-state index in [0.717, 1.165) is 12.1 Å². The SMILES string of the molecule is O=C1NC(=O)C(=Nc2cc([C@@H]3OC[C@@H](O)[C@@H](O)[C@@H]3O)c(O)[nH]c2=O)C=C1[C@H]1O[C@H](CO)[C@@H](O)[C@H]1O. The van der Waals surface area contributed by atoms with Gasteiger partial charge in [-0.3, -0.25) is 24.7 Å². The van der Waals surface area contributed by atoms with E-state index < -0.39 is 90.1 Å². The number of H-pyrrole nitrogens is 1. The molecule has 1 aromatic heterocycles. The number of aromatic nitrogens is 1. The third-order valence-electron chi connectivity index (χ3n) is 5.94. The molecule has 2 saturated heterocycles. The van der Waals surface area contributed by atoms with E-state index in [1.54, 1.807) is 0 Å². The fourth-order valence-electron chi connectivity index (χ4n) is 4.00. The molecule has 4 heterocycles. The van der Waals surface area contributed by atoms with Crippen LogP contribution >= 0.6 is 0 Å². The molecule has 9 N–H and O–H groups in total. The zero-order chi connectivity index (χ0) is 25.6. The molecular formula is C20H23N3O12.